The molecule has 0 spiro atoms. The zero-order chi connectivity index (χ0) is 23.8. The van der Waals surface area contributed by atoms with Crippen LogP contribution in [0.4, 0.5) is 5.69 Å². The van der Waals surface area contributed by atoms with Gasteiger partial charge in [0.25, 0.3) is 5.91 Å². The van der Waals surface area contributed by atoms with Gasteiger partial charge in [0.2, 0.25) is 0 Å². The maximum Gasteiger partial charge on any atom is 0.337 e. The van der Waals surface area contributed by atoms with E-state index in [4.69, 9.17) is 16.3 Å². The number of nitriles is 1. The predicted octanol–water partition coefficient (Wildman–Crippen LogP) is 6.01. The fourth-order valence-electron chi connectivity index (χ4n) is 2.82. The molecule has 8 heteroatoms. The summed E-state index contributed by atoms with van der Waals surface area (Å²) >= 11 is 9.32. The molecule has 3 rings (SSSR count). The van der Waals surface area contributed by atoms with Crippen molar-refractivity contribution in [2.75, 3.05) is 12.4 Å². The number of halogens is 2. The highest BCUT2D eigenvalue weighted by atomic mass is 79.9. The molecule has 166 valence electrons. The first kappa shape index (κ1) is 24.1. The summed E-state index contributed by atoms with van der Waals surface area (Å²) in [6.45, 7) is 0.292. The minimum Gasteiger partial charge on any atom is -0.488 e. The van der Waals surface area contributed by atoms with Crippen LogP contribution in [0.1, 0.15) is 21.5 Å². The third kappa shape index (κ3) is 6.69. The fraction of sp³-hybridized carbons (Fsp3) is 0.0800. The number of carbonyl (C=O) groups excluding carboxylic acids is 2. The van der Waals surface area contributed by atoms with Gasteiger partial charge in [0.15, 0.2) is 0 Å². The summed E-state index contributed by atoms with van der Waals surface area (Å²) in [6, 6.07) is 20.7. The van der Waals surface area contributed by atoms with Crippen molar-refractivity contribution in [1.29, 1.82) is 5.26 Å². The number of rotatable bonds is 7. The normalized spacial score (nSPS) is 10.8. The molecule has 0 radical (unpaired) electrons. The molecule has 0 aliphatic heterocycles. The highest BCUT2D eigenvalue weighted by Crippen LogP contribution is 2.27. The molecular formula is C25H18BrClN2O4. The summed E-state index contributed by atoms with van der Waals surface area (Å²) in [5.74, 6) is -0.561. The second-order valence-corrected chi connectivity index (χ2v) is 8.14. The topological polar surface area (TPSA) is 88.4 Å². The molecule has 1 amide bonds. The van der Waals surface area contributed by atoms with E-state index < -0.39 is 11.9 Å². The third-order valence-corrected chi connectivity index (χ3v) is 5.25. The molecule has 6 nitrogen and oxygen atoms in total. The smallest absolute Gasteiger partial charge is 0.337 e. The minimum absolute atomic E-state index is 0.110. The largest absolute Gasteiger partial charge is 0.488 e. The first-order chi connectivity index (χ1) is 15.9. The van der Waals surface area contributed by atoms with E-state index in [9.17, 15) is 14.9 Å². The molecule has 0 bridgehead atoms. The van der Waals surface area contributed by atoms with Gasteiger partial charge in [-0.1, -0.05) is 39.7 Å². The van der Waals surface area contributed by atoms with Crippen molar-refractivity contribution in [3.8, 4) is 11.8 Å². The van der Waals surface area contributed by atoms with E-state index in [1.54, 1.807) is 36.4 Å². The van der Waals surface area contributed by atoms with Gasteiger partial charge in [-0.3, -0.25) is 4.79 Å². The fourth-order valence-corrected chi connectivity index (χ4v) is 3.32. The van der Waals surface area contributed by atoms with E-state index in [0.29, 0.717) is 34.2 Å². The summed E-state index contributed by atoms with van der Waals surface area (Å²) in [7, 11) is 1.29. The Morgan fingerprint density at radius 2 is 1.79 bits per heavy atom. The number of ether oxygens (including phenoxy) is 2. The monoisotopic (exact) mass is 524 g/mol. The highest BCUT2D eigenvalue weighted by molar-refractivity contribution is 9.10. The van der Waals surface area contributed by atoms with Gasteiger partial charge >= 0.3 is 5.97 Å². The summed E-state index contributed by atoms with van der Waals surface area (Å²) in [5.41, 5.74) is 2.16. The zero-order valence-corrected chi connectivity index (χ0v) is 19.8. The molecule has 0 atom stereocenters. The summed E-state index contributed by atoms with van der Waals surface area (Å²) in [6.07, 6.45) is 1.46. The number of hydrogen-bond acceptors (Lipinski definition) is 5. The summed E-state index contributed by atoms with van der Waals surface area (Å²) in [5, 5.41) is 12.9. The van der Waals surface area contributed by atoms with Crippen LogP contribution in [0.15, 0.2) is 76.8 Å². The van der Waals surface area contributed by atoms with Crippen molar-refractivity contribution in [2.45, 2.75) is 6.61 Å². The number of methoxy groups -OCH3 is 1. The summed E-state index contributed by atoms with van der Waals surface area (Å²) in [4.78, 5) is 24.2. The van der Waals surface area contributed by atoms with Gasteiger partial charge in [-0.2, -0.15) is 5.26 Å². The van der Waals surface area contributed by atoms with Crippen molar-refractivity contribution < 1.29 is 19.1 Å². The third-order valence-electron chi connectivity index (χ3n) is 4.51. The quantitative estimate of drug-likeness (QED) is 0.232. The van der Waals surface area contributed by atoms with E-state index >= 15 is 0 Å². The van der Waals surface area contributed by atoms with Gasteiger partial charge in [-0.25, -0.2) is 4.79 Å². The van der Waals surface area contributed by atoms with Crippen molar-refractivity contribution in [3.63, 3.8) is 0 Å². The number of carbonyl (C=O) groups is 2. The zero-order valence-electron chi connectivity index (χ0n) is 17.5. The molecule has 0 aliphatic carbocycles. The molecule has 0 saturated carbocycles. The molecule has 0 fully saturated rings. The van der Waals surface area contributed by atoms with Crippen LogP contribution in [0.5, 0.6) is 5.75 Å². The van der Waals surface area contributed by atoms with Crippen LogP contribution in [-0.4, -0.2) is 19.0 Å². The number of esters is 1. The van der Waals surface area contributed by atoms with Crippen molar-refractivity contribution in [3.05, 3.63) is 98.5 Å². The SMILES string of the molecule is COC(=O)c1ccc(NC(=O)/C(C#N)=C/c2cc(Br)ccc2OCc2ccc(Cl)cc2)cc1. The van der Waals surface area contributed by atoms with E-state index in [-0.39, 0.29) is 5.57 Å². The van der Waals surface area contributed by atoms with Crippen LogP contribution >= 0.6 is 27.5 Å². The molecule has 0 aromatic heterocycles. The first-order valence-electron chi connectivity index (χ1n) is 9.68. The van der Waals surface area contributed by atoms with Gasteiger partial charge in [0, 0.05) is 20.7 Å². The van der Waals surface area contributed by atoms with Crippen molar-refractivity contribution in [2.24, 2.45) is 0 Å². The number of nitrogens with zero attached hydrogens (tertiary/aromatic N) is 1. The molecule has 3 aromatic carbocycles. The van der Waals surface area contributed by atoms with Crippen molar-refractivity contribution >= 4 is 51.2 Å². The summed E-state index contributed by atoms with van der Waals surface area (Å²) < 4.78 is 11.3. The van der Waals surface area contributed by atoms with Gasteiger partial charge in [-0.15, -0.1) is 0 Å². The first-order valence-corrected chi connectivity index (χ1v) is 10.8. The number of amides is 1. The second kappa shape index (κ2) is 11.3. The molecule has 33 heavy (non-hydrogen) atoms. The van der Waals surface area contributed by atoms with Crippen molar-refractivity contribution in [1.82, 2.24) is 0 Å². The lowest BCUT2D eigenvalue weighted by molar-refractivity contribution is -0.112. The number of nitrogens with one attached hydrogen (secondary N) is 1. The standard InChI is InChI=1S/C25H18BrClN2O4/c1-32-25(31)17-4-9-22(10-5-17)29-24(30)19(14-28)12-18-13-20(26)6-11-23(18)33-15-16-2-7-21(27)8-3-16/h2-13H,15H2,1H3,(H,29,30)/b19-12+. The molecule has 0 heterocycles. The van der Waals surface area contributed by atoms with Crippen LogP contribution in [0.25, 0.3) is 6.08 Å². The van der Waals surface area contributed by atoms with Crippen LogP contribution in [0.3, 0.4) is 0 Å². The second-order valence-electron chi connectivity index (χ2n) is 6.79. The maximum absolute atomic E-state index is 12.7. The molecule has 0 saturated heterocycles. The van der Waals surface area contributed by atoms with Gasteiger partial charge in [0.05, 0.1) is 12.7 Å². The maximum atomic E-state index is 12.7. The number of hydrogen-bond donors (Lipinski definition) is 1. The van der Waals surface area contributed by atoms with Crippen LogP contribution < -0.4 is 10.1 Å². The minimum atomic E-state index is -0.591. The number of anilines is 1. The van der Waals surface area contributed by atoms with E-state index in [1.165, 1.54) is 25.3 Å². The Labute approximate surface area is 204 Å². The molecular weight excluding hydrogens is 508 g/mol. The van der Waals surface area contributed by atoms with Crippen LogP contribution in [-0.2, 0) is 16.1 Å². The van der Waals surface area contributed by atoms with E-state index in [2.05, 4.69) is 26.0 Å². The van der Waals surface area contributed by atoms with Crippen LogP contribution in [0, 0.1) is 11.3 Å². The van der Waals surface area contributed by atoms with Gasteiger partial charge < -0.3 is 14.8 Å². The lowest BCUT2D eigenvalue weighted by Gasteiger charge is -2.11. The Morgan fingerprint density at radius 3 is 2.42 bits per heavy atom. The Kier molecular flexibility index (Phi) is 8.25. The molecule has 3 aromatic rings. The Bertz CT molecular complexity index is 1230. The van der Waals surface area contributed by atoms with Crippen LogP contribution in [0.2, 0.25) is 5.02 Å². The molecule has 1 N–H and O–H groups in total. The Balaban J connectivity index is 1.78. The van der Waals surface area contributed by atoms with E-state index in [1.807, 2.05) is 24.3 Å². The molecule has 0 unspecified atom stereocenters. The highest BCUT2D eigenvalue weighted by Gasteiger charge is 2.13. The lowest BCUT2D eigenvalue weighted by atomic mass is 10.1. The van der Waals surface area contributed by atoms with E-state index in [0.717, 1.165) is 10.0 Å². The van der Waals surface area contributed by atoms with Gasteiger partial charge in [-0.05, 0) is 66.2 Å². The van der Waals surface area contributed by atoms with Gasteiger partial charge in [0.1, 0.15) is 24.0 Å². The Morgan fingerprint density at radius 1 is 1.09 bits per heavy atom. The lowest BCUT2D eigenvalue weighted by Crippen LogP contribution is -2.13. The average Bonchev–Trinajstić information content (AvgIpc) is 2.82. The Hall–Kier alpha value is -3.60. The predicted molar refractivity (Wildman–Crippen MR) is 130 cm³/mol. The molecule has 0 aliphatic rings. The average molecular weight is 526 g/mol. The number of benzene rings is 3.